The lowest BCUT2D eigenvalue weighted by Gasteiger charge is -2.21. The van der Waals surface area contributed by atoms with Crippen molar-refractivity contribution in [2.75, 3.05) is 31.5 Å². The highest BCUT2D eigenvalue weighted by Gasteiger charge is 2.20. The van der Waals surface area contributed by atoms with E-state index in [4.69, 9.17) is 0 Å². The van der Waals surface area contributed by atoms with Gasteiger partial charge in [0, 0.05) is 31.2 Å². The maximum atomic E-state index is 12.7. The van der Waals surface area contributed by atoms with E-state index in [1.165, 1.54) is 35.1 Å². The molecule has 1 atom stereocenters. The number of anilines is 1. The minimum atomic E-state index is -0.263. The van der Waals surface area contributed by atoms with Gasteiger partial charge in [0.15, 0.2) is 0 Å². The summed E-state index contributed by atoms with van der Waals surface area (Å²) >= 11 is 0. The van der Waals surface area contributed by atoms with Crippen LogP contribution in [0.3, 0.4) is 0 Å². The Morgan fingerprint density at radius 1 is 1.00 bits per heavy atom. The van der Waals surface area contributed by atoms with Crippen molar-refractivity contribution in [1.29, 1.82) is 0 Å². The van der Waals surface area contributed by atoms with E-state index >= 15 is 0 Å². The summed E-state index contributed by atoms with van der Waals surface area (Å²) < 4.78 is 0. The molecule has 1 heterocycles. The second-order valence-corrected chi connectivity index (χ2v) is 9.73. The van der Waals surface area contributed by atoms with Gasteiger partial charge in [-0.1, -0.05) is 44.2 Å². The van der Waals surface area contributed by atoms with E-state index in [2.05, 4.69) is 71.1 Å². The summed E-state index contributed by atoms with van der Waals surface area (Å²) in [5.74, 6) is 0.377. The molecular formula is C27H36N4O2. The Bertz CT molecular complexity index is 982. The van der Waals surface area contributed by atoms with Gasteiger partial charge in [-0.15, -0.1) is 0 Å². The topological polar surface area (TPSA) is 73.5 Å². The number of amides is 3. The number of nitrogens with zero attached hydrogens (tertiary/aromatic N) is 1. The average molecular weight is 449 g/mol. The lowest BCUT2D eigenvalue weighted by molar-refractivity contribution is -0.121. The number of hydrogen-bond acceptors (Lipinski definition) is 3. The number of likely N-dealkylation sites (tertiary alicyclic amines) is 1. The number of carbonyl (C=O) groups excluding carboxylic acids is 2. The van der Waals surface area contributed by atoms with Crippen molar-refractivity contribution >= 4 is 17.6 Å². The zero-order chi connectivity index (χ0) is 23.2. The normalized spacial score (nSPS) is 15.7. The molecule has 0 saturated carbocycles. The van der Waals surface area contributed by atoms with Crippen LogP contribution in [0.2, 0.25) is 0 Å². The Kier molecular flexibility index (Phi) is 7.65. The Morgan fingerprint density at radius 3 is 2.55 bits per heavy atom. The molecule has 0 spiro atoms. The fraction of sp³-hybridized carbons (Fsp3) is 0.481. The Labute approximate surface area is 197 Å². The molecular weight excluding hydrogens is 412 g/mol. The third-order valence-corrected chi connectivity index (χ3v) is 6.52. The molecule has 176 valence electrons. The first-order valence-electron chi connectivity index (χ1n) is 12.3. The van der Waals surface area contributed by atoms with Crippen LogP contribution in [0.15, 0.2) is 42.5 Å². The van der Waals surface area contributed by atoms with Crippen molar-refractivity contribution in [1.82, 2.24) is 15.5 Å². The third kappa shape index (κ3) is 6.35. The van der Waals surface area contributed by atoms with Crippen molar-refractivity contribution in [3.05, 3.63) is 53.6 Å². The molecule has 0 bridgehead atoms. The van der Waals surface area contributed by atoms with Gasteiger partial charge in [-0.05, 0) is 79.1 Å². The van der Waals surface area contributed by atoms with Crippen LogP contribution < -0.4 is 16.0 Å². The van der Waals surface area contributed by atoms with E-state index in [0.717, 1.165) is 38.2 Å². The molecule has 6 nitrogen and oxygen atoms in total. The molecule has 0 radical (unpaired) electrons. The summed E-state index contributed by atoms with van der Waals surface area (Å²) in [6.45, 7) is 8.03. The molecule has 1 aliphatic heterocycles. The molecule has 3 amide bonds. The van der Waals surface area contributed by atoms with Gasteiger partial charge in [-0.2, -0.15) is 0 Å². The predicted molar refractivity (Wildman–Crippen MR) is 133 cm³/mol. The Morgan fingerprint density at radius 2 is 1.76 bits per heavy atom. The van der Waals surface area contributed by atoms with Gasteiger partial charge >= 0.3 is 6.03 Å². The fourth-order valence-corrected chi connectivity index (χ4v) is 4.99. The van der Waals surface area contributed by atoms with Gasteiger partial charge in [0.05, 0.1) is 0 Å². The number of fused-ring (bicyclic) bond motifs is 3. The first-order chi connectivity index (χ1) is 16.0. The molecule has 33 heavy (non-hydrogen) atoms. The summed E-state index contributed by atoms with van der Waals surface area (Å²) in [5.41, 5.74) is 5.83. The molecule has 1 fully saturated rings. The molecule has 4 rings (SSSR count). The highest BCUT2D eigenvalue weighted by Crippen LogP contribution is 2.37. The SMILES string of the molecule is CC(C)CC(CC(=O)NCCN1CCCC1)NC(=O)Nc1ccc2c(c1)Cc1ccccc1-2. The van der Waals surface area contributed by atoms with Gasteiger partial charge < -0.3 is 20.9 Å². The van der Waals surface area contributed by atoms with Gasteiger partial charge in [0.2, 0.25) is 5.91 Å². The average Bonchev–Trinajstić information content (AvgIpc) is 3.40. The summed E-state index contributed by atoms with van der Waals surface area (Å²) in [4.78, 5) is 27.6. The van der Waals surface area contributed by atoms with Crippen LogP contribution >= 0.6 is 0 Å². The second kappa shape index (κ2) is 10.8. The summed E-state index contributed by atoms with van der Waals surface area (Å²) in [7, 11) is 0. The van der Waals surface area contributed by atoms with Crippen LogP contribution in [-0.2, 0) is 11.2 Å². The van der Waals surface area contributed by atoms with E-state index in [0.29, 0.717) is 18.9 Å². The molecule has 2 aromatic rings. The largest absolute Gasteiger partial charge is 0.355 e. The van der Waals surface area contributed by atoms with E-state index in [-0.39, 0.29) is 18.0 Å². The maximum Gasteiger partial charge on any atom is 0.319 e. The number of urea groups is 1. The van der Waals surface area contributed by atoms with Crippen molar-refractivity contribution in [3.63, 3.8) is 0 Å². The number of rotatable bonds is 9. The van der Waals surface area contributed by atoms with Crippen molar-refractivity contribution in [2.45, 2.75) is 52.0 Å². The first-order valence-corrected chi connectivity index (χ1v) is 12.3. The zero-order valence-corrected chi connectivity index (χ0v) is 19.8. The Hall–Kier alpha value is -2.86. The standard InChI is InChI=1S/C27H36N4O2/c1-19(2)15-23(18-26(32)28-11-14-31-12-5-6-13-31)30-27(33)29-22-9-10-25-21(17-22)16-20-7-3-4-8-24(20)25/h3-4,7-10,17,19,23H,5-6,11-16,18H2,1-2H3,(H,28,32)(H2,29,30,33). The number of hydrogen-bond donors (Lipinski definition) is 3. The van der Waals surface area contributed by atoms with Gasteiger partial charge in [-0.3, -0.25) is 4.79 Å². The minimum Gasteiger partial charge on any atom is -0.355 e. The first kappa shape index (κ1) is 23.3. The van der Waals surface area contributed by atoms with Crippen LogP contribution in [0.25, 0.3) is 11.1 Å². The van der Waals surface area contributed by atoms with Gasteiger partial charge in [0.1, 0.15) is 0 Å². The molecule has 3 N–H and O–H groups in total. The number of benzene rings is 2. The van der Waals surface area contributed by atoms with Gasteiger partial charge in [0.25, 0.3) is 0 Å². The molecule has 1 aliphatic carbocycles. The van der Waals surface area contributed by atoms with Crippen LogP contribution in [-0.4, -0.2) is 49.1 Å². The third-order valence-electron chi connectivity index (χ3n) is 6.52. The van der Waals surface area contributed by atoms with E-state index in [1.54, 1.807) is 0 Å². The molecule has 1 saturated heterocycles. The van der Waals surface area contributed by atoms with E-state index in [9.17, 15) is 9.59 Å². The van der Waals surface area contributed by atoms with Crippen molar-refractivity contribution < 1.29 is 9.59 Å². The summed E-state index contributed by atoms with van der Waals surface area (Å²) in [6, 6.07) is 14.0. The number of nitrogens with one attached hydrogen (secondary N) is 3. The maximum absolute atomic E-state index is 12.7. The molecule has 2 aliphatic rings. The van der Waals surface area contributed by atoms with Gasteiger partial charge in [-0.25, -0.2) is 4.79 Å². The fourth-order valence-electron chi connectivity index (χ4n) is 4.99. The molecule has 1 unspecified atom stereocenters. The monoisotopic (exact) mass is 448 g/mol. The highest BCUT2D eigenvalue weighted by atomic mass is 16.2. The molecule has 0 aromatic heterocycles. The lowest BCUT2D eigenvalue weighted by atomic mass is 10.0. The Balaban J connectivity index is 1.29. The van der Waals surface area contributed by atoms with Crippen LogP contribution in [0.1, 0.15) is 50.7 Å². The second-order valence-electron chi connectivity index (χ2n) is 9.73. The predicted octanol–water partition coefficient (Wildman–Crippen LogP) is 4.40. The summed E-state index contributed by atoms with van der Waals surface area (Å²) in [5, 5.41) is 9.01. The number of carbonyl (C=O) groups is 2. The zero-order valence-electron chi connectivity index (χ0n) is 19.8. The quantitative estimate of drug-likeness (QED) is 0.454. The van der Waals surface area contributed by atoms with Crippen LogP contribution in [0.5, 0.6) is 0 Å². The molecule has 2 aromatic carbocycles. The van der Waals surface area contributed by atoms with Crippen LogP contribution in [0, 0.1) is 5.92 Å². The van der Waals surface area contributed by atoms with E-state index < -0.39 is 0 Å². The van der Waals surface area contributed by atoms with Crippen molar-refractivity contribution in [3.8, 4) is 11.1 Å². The van der Waals surface area contributed by atoms with E-state index in [1.807, 2.05) is 6.07 Å². The highest BCUT2D eigenvalue weighted by molar-refractivity contribution is 5.91. The van der Waals surface area contributed by atoms with Crippen LogP contribution in [0.4, 0.5) is 10.5 Å². The van der Waals surface area contributed by atoms with Crippen molar-refractivity contribution in [2.24, 2.45) is 5.92 Å². The summed E-state index contributed by atoms with van der Waals surface area (Å²) in [6.07, 6.45) is 4.44. The smallest absolute Gasteiger partial charge is 0.319 e. The minimum absolute atomic E-state index is 0.00422. The molecule has 6 heteroatoms. The lowest BCUT2D eigenvalue weighted by Crippen LogP contribution is -2.43.